The van der Waals surface area contributed by atoms with Crippen molar-refractivity contribution in [3.63, 3.8) is 0 Å². The van der Waals surface area contributed by atoms with Crippen LogP contribution in [-0.4, -0.2) is 102 Å². The molecular weight excluding hydrogens is 1040 g/mol. The van der Waals surface area contributed by atoms with Crippen LogP contribution in [0, 0.1) is 0 Å². The third-order valence-electron chi connectivity index (χ3n) is 11.0. The summed E-state index contributed by atoms with van der Waals surface area (Å²) in [7, 11) is -2.25. The maximum absolute atomic E-state index is 12.9. The number of hydrogen-bond donors (Lipinski definition) is 0. The number of benzene rings is 6. The van der Waals surface area contributed by atoms with E-state index in [-0.39, 0.29) is 26.0 Å². The van der Waals surface area contributed by atoms with Crippen molar-refractivity contribution in [1.82, 2.24) is 14.7 Å². The van der Waals surface area contributed by atoms with Gasteiger partial charge in [-0.05, 0) is 114 Å². The molecule has 19 nitrogen and oxygen atoms in total. The summed E-state index contributed by atoms with van der Waals surface area (Å²) in [6, 6.07) is 50.6. The van der Waals surface area contributed by atoms with Crippen LogP contribution in [0.3, 0.4) is 0 Å². The molecule has 0 saturated heterocycles. The van der Waals surface area contributed by atoms with E-state index in [1.54, 1.807) is 58.4 Å². The maximum atomic E-state index is 12.9. The number of hydrazone groups is 2. The van der Waals surface area contributed by atoms with Gasteiger partial charge in [0.15, 0.2) is 19.2 Å². The second-order valence-electron chi connectivity index (χ2n) is 15.9. The first-order valence-electron chi connectivity index (χ1n) is 22.7. The molecule has 0 radical (unpaired) electrons. The molecule has 1 unspecified atom stereocenters. The van der Waals surface area contributed by atoms with Gasteiger partial charge < -0.3 is 32.4 Å². The summed E-state index contributed by atoms with van der Waals surface area (Å²) in [6.45, 7) is 0.664. The number of azide groups is 1. The van der Waals surface area contributed by atoms with Crippen LogP contribution in [0.4, 0.5) is 0 Å². The monoisotopic (exact) mass is 1100 g/mol. The Labute approximate surface area is 437 Å². The molecule has 6 aromatic rings. The minimum absolute atomic E-state index is 0.0905. The van der Waals surface area contributed by atoms with E-state index in [0.29, 0.717) is 36.0 Å². The molecule has 0 fully saturated rings. The molecule has 24 heteroatoms. The molecular formula is C50H58N9O10P4S+. The number of rotatable bonds is 29. The van der Waals surface area contributed by atoms with E-state index in [0.717, 1.165) is 32.6 Å². The molecule has 0 aliphatic carbocycles. The van der Waals surface area contributed by atoms with Crippen molar-refractivity contribution < 1.29 is 46.1 Å². The van der Waals surface area contributed by atoms with Gasteiger partial charge in [0.1, 0.15) is 35.1 Å². The largest absolute Gasteiger partial charge is 0.540 e. The quantitative estimate of drug-likeness (QED) is 0.00816. The van der Waals surface area contributed by atoms with E-state index in [9.17, 15) is 9.13 Å². The minimum atomic E-state index is -3.45. The van der Waals surface area contributed by atoms with Crippen LogP contribution in [0.25, 0.3) is 10.4 Å². The van der Waals surface area contributed by atoms with Gasteiger partial charge in [-0.25, -0.2) is 0 Å². The van der Waals surface area contributed by atoms with E-state index in [2.05, 4.69) is 56.8 Å². The van der Waals surface area contributed by atoms with Crippen LogP contribution < -0.4 is 34.7 Å². The van der Waals surface area contributed by atoms with Crippen molar-refractivity contribution in [3.05, 3.63) is 185 Å². The lowest BCUT2D eigenvalue weighted by Crippen LogP contribution is -2.29. The first kappa shape index (κ1) is 57.1. The predicted molar refractivity (Wildman–Crippen MR) is 297 cm³/mol. The molecule has 1 atom stereocenters. The first-order valence-corrected chi connectivity index (χ1v) is 30.1. The van der Waals surface area contributed by atoms with Crippen molar-refractivity contribution in [2.75, 3.05) is 75.1 Å². The van der Waals surface area contributed by atoms with Gasteiger partial charge in [-0.2, -0.15) is 5.10 Å². The first-order chi connectivity index (χ1) is 35.8. The van der Waals surface area contributed by atoms with Gasteiger partial charge in [0.2, 0.25) is 11.8 Å². The average molecular weight is 1100 g/mol. The zero-order valence-electron chi connectivity index (χ0n) is 41.7. The lowest BCUT2D eigenvalue weighted by atomic mass is 10.1. The van der Waals surface area contributed by atoms with Crippen molar-refractivity contribution in [2.45, 2.75) is 6.42 Å². The van der Waals surface area contributed by atoms with E-state index in [1.807, 2.05) is 104 Å². The van der Waals surface area contributed by atoms with Gasteiger partial charge in [0.05, 0.1) is 26.5 Å². The number of hydrogen-bond acceptors (Lipinski definition) is 17. The summed E-state index contributed by atoms with van der Waals surface area (Å²) in [6.07, 6.45) is 3.73. The van der Waals surface area contributed by atoms with Gasteiger partial charge in [-0.1, -0.05) is 77.6 Å². The Hall–Kier alpha value is -6.22. The fourth-order valence-electron chi connectivity index (χ4n) is 7.03. The highest BCUT2D eigenvalue weighted by Crippen LogP contribution is 2.52. The minimum Gasteiger partial charge on any atom is -0.472 e. The van der Waals surface area contributed by atoms with Crippen LogP contribution in [0.1, 0.15) is 16.7 Å². The molecule has 6 rings (SSSR count). The van der Waals surface area contributed by atoms with E-state index in [1.165, 1.54) is 28.4 Å². The highest BCUT2D eigenvalue weighted by Gasteiger charge is 2.32. The fraction of sp³-hybridized carbons (Fsp3) is 0.240. The number of nitrogens with zero attached hydrogens (tertiary/aromatic N) is 9. The van der Waals surface area contributed by atoms with E-state index >= 15 is 0 Å². The Bertz CT molecular complexity index is 2910. The van der Waals surface area contributed by atoms with Crippen LogP contribution >= 0.6 is 29.3 Å². The van der Waals surface area contributed by atoms with Gasteiger partial charge in [-0.3, -0.25) is 28.3 Å². The molecule has 74 heavy (non-hydrogen) atoms. The predicted octanol–water partition coefficient (Wildman–Crippen LogP) is 11.0. The Kier molecular flexibility index (Phi) is 21.9. The van der Waals surface area contributed by atoms with Crippen LogP contribution in [-0.2, 0) is 45.5 Å². The lowest BCUT2D eigenvalue weighted by Gasteiger charge is -2.27. The van der Waals surface area contributed by atoms with Crippen molar-refractivity contribution in [1.29, 1.82) is 0 Å². The molecule has 6 aromatic carbocycles. The van der Waals surface area contributed by atoms with Gasteiger partial charge in [0, 0.05) is 62.9 Å². The Morgan fingerprint density at radius 1 is 0.608 bits per heavy atom. The maximum Gasteiger partial charge on any atom is 0.540 e. The van der Waals surface area contributed by atoms with Gasteiger partial charge in [0.25, 0.3) is 0 Å². The normalized spacial score (nSPS) is 12.1. The van der Waals surface area contributed by atoms with Crippen molar-refractivity contribution in [3.8, 4) is 23.0 Å². The van der Waals surface area contributed by atoms with E-state index in [4.69, 9.17) is 59.0 Å². The van der Waals surface area contributed by atoms with Gasteiger partial charge in [-0.15, -0.1) is 5.10 Å². The third kappa shape index (κ3) is 16.6. The highest BCUT2D eigenvalue weighted by atomic mass is 32.4. The van der Waals surface area contributed by atoms with Gasteiger partial charge >= 0.3 is 22.3 Å². The third-order valence-corrected chi connectivity index (χ3v) is 20.3. The summed E-state index contributed by atoms with van der Waals surface area (Å²) in [5.74, 6) is 2.32. The molecule has 0 saturated carbocycles. The smallest absolute Gasteiger partial charge is 0.472 e. The summed E-state index contributed by atoms with van der Waals surface area (Å²) >= 11 is 5.68. The SMILES string of the molecule is COP(=O)(CN(CCc1ccc(O[P+](=S)N(C)N=Cc2ccc(OCN=P(c3ccccc3)(c3ccccc3)c3ccc(OCN(C)N=Cc4ccc(ON=[N+]=[N-])cc4)cc3)cc2)cc1)CP(=O)(OC)OC)OC. The summed E-state index contributed by atoms with van der Waals surface area (Å²) in [5, 5.41) is 17.0. The molecule has 0 aromatic heterocycles. The van der Waals surface area contributed by atoms with Crippen LogP contribution in [0.5, 0.6) is 23.0 Å². The van der Waals surface area contributed by atoms with E-state index < -0.39 is 29.3 Å². The topological polar surface area (TPSA) is 204 Å². The Morgan fingerprint density at radius 2 is 1.08 bits per heavy atom. The zero-order chi connectivity index (χ0) is 52.8. The molecule has 0 N–H and O–H groups in total. The zero-order valence-corrected chi connectivity index (χ0v) is 46.1. The lowest BCUT2D eigenvalue weighted by molar-refractivity contribution is 0.158. The molecule has 0 spiro atoms. The summed E-state index contributed by atoms with van der Waals surface area (Å²) in [5.41, 5.74) is 11.1. The second-order valence-corrected chi connectivity index (χ2v) is 25.6. The Morgan fingerprint density at radius 3 is 1.61 bits per heavy atom. The molecule has 0 aliphatic heterocycles. The summed E-state index contributed by atoms with van der Waals surface area (Å²) < 4.78 is 71.9. The molecule has 0 aliphatic rings. The number of ether oxygens (including phenoxy) is 2. The van der Waals surface area contributed by atoms with Crippen molar-refractivity contribution >= 4 is 69.5 Å². The standard InChI is InChI=1S/C50H58N9O10P4S/c1-57(52-35-42-21-25-46(26-22-42)68-56-55-51)38-67-45-29-31-50(32-30-45)73(48-13-9-7-10-14-48,49-15-11-8-12-16-49)54-37-66-44-23-19-43(20-24-44)36-53-58(2)70(74)69-47-27-17-41(18-28-47)33-34-59(39-71(60,62-3)63-4)40-72(61,64-5)65-6/h7-32,35-36H,33-34,37-40H2,1-6H3/q+1. The second kappa shape index (κ2) is 28.5. The average Bonchev–Trinajstić information content (AvgIpc) is 3.44. The van der Waals surface area contributed by atoms with Crippen LogP contribution in [0.2, 0.25) is 0 Å². The Balaban J connectivity index is 1.07. The molecule has 0 bridgehead atoms. The molecule has 0 amide bonds. The molecule has 0 heterocycles. The highest BCUT2D eigenvalue weighted by molar-refractivity contribution is 8.02. The summed E-state index contributed by atoms with van der Waals surface area (Å²) in [4.78, 5) is 9.17. The molecule has 388 valence electrons. The van der Waals surface area contributed by atoms with Crippen LogP contribution in [0.15, 0.2) is 178 Å². The van der Waals surface area contributed by atoms with Crippen molar-refractivity contribution in [2.24, 2.45) is 20.2 Å². The fourth-order valence-corrected chi connectivity index (χ4v) is 13.8.